The highest BCUT2D eigenvalue weighted by atomic mass is 35.5. The molecule has 16 heavy (non-hydrogen) atoms. The van der Waals surface area contributed by atoms with Gasteiger partial charge in [-0.2, -0.15) is 0 Å². The molecule has 0 fully saturated rings. The lowest BCUT2D eigenvalue weighted by atomic mass is 10.2. The molecule has 0 aromatic carbocycles. The minimum absolute atomic E-state index is 0.0507. The zero-order valence-corrected chi connectivity index (χ0v) is 8.89. The highest BCUT2D eigenvalue weighted by molar-refractivity contribution is 6.33. The van der Waals surface area contributed by atoms with Gasteiger partial charge in [-0.05, 0) is 6.92 Å². The fraction of sp³-hybridized carbons (Fsp3) is 0.333. The molecular formula is C9H7ClF3NO2. The molecule has 3 nitrogen and oxygen atoms in total. The molecule has 0 bridgehead atoms. The second kappa shape index (κ2) is 5.16. The van der Waals surface area contributed by atoms with Crippen LogP contribution < -0.4 is 0 Å². The van der Waals surface area contributed by atoms with E-state index in [4.69, 9.17) is 11.6 Å². The van der Waals surface area contributed by atoms with Crippen molar-refractivity contribution in [3.8, 4) is 0 Å². The third kappa shape index (κ3) is 2.44. The number of hydrogen-bond donors (Lipinski definition) is 0. The van der Waals surface area contributed by atoms with Crippen molar-refractivity contribution in [1.82, 2.24) is 4.98 Å². The van der Waals surface area contributed by atoms with Crippen LogP contribution in [0.5, 0.6) is 0 Å². The number of esters is 1. The molecule has 0 aliphatic carbocycles. The van der Waals surface area contributed by atoms with Crippen molar-refractivity contribution in [3.05, 3.63) is 28.3 Å². The van der Waals surface area contributed by atoms with Gasteiger partial charge in [-0.1, -0.05) is 11.6 Å². The summed E-state index contributed by atoms with van der Waals surface area (Å²) in [5.74, 6) is -2.30. The van der Waals surface area contributed by atoms with E-state index < -0.39 is 34.5 Å². The maximum Gasteiger partial charge on any atom is 0.358 e. The van der Waals surface area contributed by atoms with Gasteiger partial charge in [0, 0.05) is 6.20 Å². The number of ether oxygens (including phenoxy) is 1. The van der Waals surface area contributed by atoms with Crippen LogP contribution in [0.4, 0.5) is 13.2 Å². The number of halogens is 4. The van der Waals surface area contributed by atoms with Crippen LogP contribution in [0, 0.1) is 5.82 Å². The predicted molar refractivity (Wildman–Crippen MR) is 50.1 cm³/mol. The van der Waals surface area contributed by atoms with Crippen molar-refractivity contribution < 1.29 is 22.7 Å². The van der Waals surface area contributed by atoms with Crippen LogP contribution in [0.2, 0.25) is 5.02 Å². The lowest BCUT2D eigenvalue weighted by Crippen LogP contribution is -2.10. The van der Waals surface area contributed by atoms with Crippen molar-refractivity contribution in [1.29, 1.82) is 0 Å². The molecule has 0 radical (unpaired) electrons. The molecule has 1 aromatic heterocycles. The first-order valence-corrected chi connectivity index (χ1v) is 4.66. The second-order valence-corrected chi connectivity index (χ2v) is 3.09. The maximum atomic E-state index is 13.3. The predicted octanol–water partition coefficient (Wildman–Crippen LogP) is 2.99. The van der Waals surface area contributed by atoms with Crippen molar-refractivity contribution in [3.63, 3.8) is 0 Å². The summed E-state index contributed by atoms with van der Waals surface area (Å²) in [6.45, 7) is 1.59. The molecule has 0 saturated heterocycles. The summed E-state index contributed by atoms with van der Waals surface area (Å²) in [6, 6.07) is 0. The fourth-order valence-electron chi connectivity index (χ4n) is 0.972. The van der Waals surface area contributed by atoms with Gasteiger partial charge >= 0.3 is 5.97 Å². The molecular weight excluding hydrogens is 247 g/mol. The molecule has 7 heteroatoms. The maximum absolute atomic E-state index is 13.3. The minimum Gasteiger partial charge on any atom is -0.461 e. The third-order valence-electron chi connectivity index (χ3n) is 1.69. The van der Waals surface area contributed by atoms with Gasteiger partial charge in [-0.3, -0.25) is 0 Å². The van der Waals surface area contributed by atoms with Crippen LogP contribution in [-0.2, 0) is 4.74 Å². The SMILES string of the molecule is CCOC(=O)c1ncc(C(F)F)c(F)c1Cl. The van der Waals surface area contributed by atoms with Gasteiger partial charge in [0.15, 0.2) is 11.5 Å². The molecule has 1 rings (SSSR count). The summed E-state index contributed by atoms with van der Waals surface area (Å²) in [5, 5.41) is -0.753. The Morgan fingerprint density at radius 3 is 2.75 bits per heavy atom. The highest BCUT2D eigenvalue weighted by Crippen LogP contribution is 2.28. The van der Waals surface area contributed by atoms with Gasteiger partial charge in [0.1, 0.15) is 5.02 Å². The number of pyridine rings is 1. The number of carbonyl (C=O) groups excluding carboxylic acids is 1. The Labute approximate surface area is 94.2 Å². The number of rotatable bonds is 3. The normalized spacial score (nSPS) is 10.6. The second-order valence-electron chi connectivity index (χ2n) is 2.71. The summed E-state index contributed by atoms with van der Waals surface area (Å²) < 4.78 is 42.2. The average Bonchev–Trinajstić information content (AvgIpc) is 2.21. The van der Waals surface area contributed by atoms with Crippen LogP contribution in [0.15, 0.2) is 6.20 Å². The lowest BCUT2D eigenvalue weighted by molar-refractivity contribution is 0.0518. The van der Waals surface area contributed by atoms with E-state index in [1.165, 1.54) is 6.92 Å². The zero-order valence-electron chi connectivity index (χ0n) is 8.14. The Hall–Kier alpha value is -1.30. The van der Waals surface area contributed by atoms with Gasteiger partial charge in [0.25, 0.3) is 6.43 Å². The number of aromatic nitrogens is 1. The van der Waals surface area contributed by atoms with Crippen LogP contribution >= 0.6 is 11.6 Å². The van der Waals surface area contributed by atoms with Crippen LogP contribution in [0.25, 0.3) is 0 Å². The van der Waals surface area contributed by atoms with Crippen LogP contribution in [-0.4, -0.2) is 17.6 Å². The van der Waals surface area contributed by atoms with Crippen molar-refractivity contribution >= 4 is 17.6 Å². The number of carbonyl (C=O) groups is 1. The molecule has 0 aliphatic heterocycles. The summed E-state index contributed by atoms with van der Waals surface area (Å²) in [4.78, 5) is 14.5. The molecule has 0 unspecified atom stereocenters. The van der Waals surface area contributed by atoms with Crippen LogP contribution in [0.1, 0.15) is 29.4 Å². The van der Waals surface area contributed by atoms with E-state index in [1.54, 1.807) is 0 Å². The Kier molecular flexibility index (Phi) is 4.12. The van der Waals surface area contributed by atoms with Crippen molar-refractivity contribution in [2.45, 2.75) is 13.3 Å². The van der Waals surface area contributed by atoms with E-state index in [0.717, 1.165) is 0 Å². The molecule has 0 amide bonds. The summed E-state index contributed by atoms with van der Waals surface area (Å²) in [7, 11) is 0. The monoisotopic (exact) mass is 253 g/mol. The van der Waals surface area contributed by atoms with Gasteiger partial charge in [0.05, 0.1) is 12.2 Å². The summed E-state index contributed by atoms with van der Waals surface area (Å²) in [5.41, 5.74) is -1.46. The van der Waals surface area contributed by atoms with E-state index in [1.807, 2.05) is 0 Å². The summed E-state index contributed by atoms with van der Waals surface area (Å²) in [6.07, 6.45) is -2.47. The molecule has 1 heterocycles. The van der Waals surface area contributed by atoms with Gasteiger partial charge in [-0.25, -0.2) is 22.9 Å². The number of hydrogen-bond acceptors (Lipinski definition) is 3. The first kappa shape index (κ1) is 12.8. The van der Waals surface area contributed by atoms with E-state index in [-0.39, 0.29) is 6.61 Å². The fourth-order valence-corrected chi connectivity index (χ4v) is 1.21. The smallest absolute Gasteiger partial charge is 0.358 e. The first-order chi connectivity index (χ1) is 7.49. The quantitative estimate of drug-likeness (QED) is 0.778. The average molecular weight is 254 g/mol. The lowest BCUT2D eigenvalue weighted by Gasteiger charge is -2.07. The van der Waals surface area contributed by atoms with Gasteiger partial charge in [-0.15, -0.1) is 0 Å². The molecule has 0 atom stereocenters. The Bertz CT molecular complexity index is 412. The largest absolute Gasteiger partial charge is 0.461 e. The van der Waals surface area contributed by atoms with Crippen molar-refractivity contribution in [2.75, 3.05) is 6.61 Å². The van der Waals surface area contributed by atoms with Crippen LogP contribution in [0.3, 0.4) is 0 Å². The summed E-state index contributed by atoms with van der Waals surface area (Å²) >= 11 is 5.40. The topological polar surface area (TPSA) is 39.2 Å². The minimum atomic E-state index is -3.04. The highest BCUT2D eigenvalue weighted by Gasteiger charge is 2.23. The molecule has 0 N–H and O–H groups in total. The number of nitrogens with zero attached hydrogens (tertiary/aromatic N) is 1. The molecule has 0 spiro atoms. The van der Waals surface area contributed by atoms with E-state index in [9.17, 15) is 18.0 Å². The van der Waals surface area contributed by atoms with E-state index >= 15 is 0 Å². The molecule has 88 valence electrons. The van der Waals surface area contributed by atoms with E-state index in [0.29, 0.717) is 6.20 Å². The number of alkyl halides is 2. The molecule has 0 aliphatic rings. The Morgan fingerprint density at radius 2 is 2.25 bits per heavy atom. The first-order valence-electron chi connectivity index (χ1n) is 4.28. The Balaban J connectivity index is 3.16. The van der Waals surface area contributed by atoms with Gasteiger partial charge in [0.2, 0.25) is 0 Å². The zero-order chi connectivity index (χ0) is 12.3. The van der Waals surface area contributed by atoms with Gasteiger partial charge < -0.3 is 4.74 Å². The van der Waals surface area contributed by atoms with E-state index in [2.05, 4.69) is 9.72 Å². The molecule has 0 saturated carbocycles. The Morgan fingerprint density at radius 1 is 1.62 bits per heavy atom. The third-order valence-corrected chi connectivity index (χ3v) is 2.04. The molecule has 1 aromatic rings. The standard InChI is InChI=1S/C9H7ClF3NO2/c1-2-16-9(15)7-5(10)6(11)4(3-14-7)8(12)13/h3,8H,2H2,1H3. The van der Waals surface area contributed by atoms with Crippen molar-refractivity contribution in [2.24, 2.45) is 0 Å².